The lowest BCUT2D eigenvalue weighted by Crippen LogP contribution is -2.07. The van der Waals surface area contributed by atoms with Crippen LogP contribution in [0.1, 0.15) is 17.0 Å². The summed E-state index contributed by atoms with van der Waals surface area (Å²) in [4.78, 5) is 0. The number of aromatic nitrogens is 2. The Balaban J connectivity index is 2.54. The second kappa shape index (κ2) is 5.31. The molecule has 1 aromatic heterocycles. The van der Waals surface area contributed by atoms with Gasteiger partial charge in [-0.25, -0.2) is 4.68 Å². The van der Waals surface area contributed by atoms with Gasteiger partial charge in [-0.1, -0.05) is 23.2 Å². The summed E-state index contributed by atoms with van der Waals surface area (Å²) in [6.07, 6.45) is 0. The zero-order chi connectivity index (χ0) is 13.3. The van der Waals surface area contributed by atoms with Crippen molar-refractivity contribution in [3.63, 3.8) is 0 Å². The minimum atomic E-state index is 0.611. The molecule has 5 heteroatoms. The molecule has 0 bridgehead atoms. The first-order valence-electron chi connectivity index (χ1n) is 5.69. The van der Waals surface area contributed by atoms with Crippen LogP contribution in [0.5, 0.6) is 0 Å². The first kappa shape index (κ1) is 13.4. The van der Waals surface area contributed by atoms with Gasteiger partial charge in [0.15, 0.2) is 0 Å². The van der Waals surface area contributed by atoms with Gasteiger partial charge in [0.1, 0.15) is 0 Å². The van der Waals surface area contributed by atoms with Gasteiger partial charge in [-0.2, -0.15) is 5.10 Å². The van der Waals surface area contributed by atoms with Crippen molar-refractivity contribution in [3.05, 3.63) is 45.2 Å². The van der Waals surface area contributed by atoms with Crippen molar-refractivity contribution in [2.75, 3.05) is 7.05 Å². The van der Waals surface area contributed by atoms with Crippen LogP contribution in [0.25, 0.3) is 5.69 Å². The van der Waals surface area contributed by atoms with Crippen LogP contribution in [0.15, 0.2) is 18.2 Å². The number of nitrogens with zero attached hydrogens (tertiary/aromatic N) is 2. The molecule has 96 valence electrons. The topological polar surface area (TPSA) is 29.9 Å². The molecule has 0 spiro atoms. The number of nitrogens with one attached hydrogen (secondary N) is 1. The highest BCUT2D eigenvalue weighted by Crippen LogP contribution is 2.24. The molecule has 1 aromatic carbocycles. The zero-order valence-electron chi connectivity index (χ0n) is 10.6. The largest absolute Gasteiger partial charge is 0.316 e. The maximum Gasteiger partial charge on any atom is 0.0678 e. The van der Waals surface area contributed by atoms with E-state index < -0.39 is 0 Å². The highest BCUT2D eigenvalue weighted by atomic mass is 35.5. The van der Waals surface area contributed by atoms with Gasteiger partial charge in [0.25, 0.3) is 0 Å². The Bertz CT molecular complexity index is 556. The maximum atomic E-state index is 6.02. The zero-order valence-corrected chi connectivity index (χ0v) is 12.1. The average molecular weight is 284 g/mol. The van der Waals surface area contributed by atoms with Crippen LogP contribution in [-0.4, -0.2) is 16.8 Å². The molecule has 0 aliphatic heterocycles. The van der Waals surface area contributed by atoms with Crippen molar-refractivity contribution in [2.45, 2.75) is 20.4 Å². The standard InChI is InChI=1S/C13H15Cl2N3/c1-8-13(7-16-3)9(2)18(17-8)12-5-10(14)4-11(15)6-12/h4-6,16H,7H2,1-3H3. The summed E-state index contributed by atoms with van der Waals surface area (Å²) >= 11 is 12.0. The molecular weight excluding hydrogens is 269 g/mol. The lowest BCUT2D eigenvalue weighted by molar-refractivity contribution is 0.801. The van der Waals surface area contributed by atoms with Crippen molar-refractivity contribution < 1.29 is 0 Å². The molecule has 1 heterocycles. The van der Waals surface area contributed by atoms with E-state index in [4.69, 9.17) is 23.2 Å². The highest BCUT2D eigenvalue weighted by Gasteiger charge is 2.12. The fraction of sp³-hybridized carbons (Fsp3) is 0.308. The molecule has 0 saturated heterocycles. The van der Waals surface area contributed by atoms with Gasteiger partial charge in [-0.05, 0) is 39.1 Å². The quantitative estimate of drug-likeness (QED) is 0.934. The van der Waals surface area contributed by atoms with Gasteiger partial charge in [-0.3, -0.25) is 0 Å². The minimum absolute atomic E-state index is 0.611. The summed E-state index contributed by atoms with van der Waals surface area (Å²) in [5, 5.41) is 8.91. The smallest absolute Gasteiger partial charge is 0.0678 e. The molecule has 0 unspecified atom stereocenters. The monoisotopic (exact) mass is 283 g/mol. The molecule has 0 radical (unpaired) electrons. The molecule has 1 N–H and O–H groups in total. The summed E-state index contributed by atoms with van der Waals surface area (Å²) in [6, 6.07) is 5.43. The number of rotatable bonds is 3. The molecule has 0 fully saturated rings. The summed E-state index contributed by atoms with van der Waals surface area (Å²) in [5.74, 6) is 0. The predicted octanol–water partition coefficient (Wildman–Crippen LogP) is 3.52. The molecule has 2 rings (SSSR count). The third kappa shape index (κ3) is 2.53. The summed E-state index contributed by atoms with van der Waals surface area (Å²) in [5.41, 5.74) is 4.20. The van der Waals surface area contributed by atoms with Crippen molar-refractivity contribution in [1.82, 2.24) is 15.1 Å². The number of hydrogen-bond acceptors (Lipinski definition) is 2. The van der Waals surface area contributed by atoms with E-state index in [1.165, 1.54) is 5.56 Å². The first-order valence-corrected chi connectivity index (χ1v) is 6.44. The molecule has 0 atom stereocenters. The van der Waals surface area contributed by atoms with E-state index >= 15 is 0 Å². The van der Waals surface area contributed by atoms with Crippen LogP contribution in [-0.2, 0) is 6.54 Å². The van der Waals surface area contributed by atoms with Crippen LogP contribution in [0, 0.1) is 13.8 Å². The lowest BCUT2D eigenvalue weighted by Gasteiger charge is -2.06. The van der Waals surface area contributed by atoms with Gasteiger partial charge in [0, 0.05) is 27.8 Å². The second-order valence-corrected chi connectivity index (χ2v) is 5.09. The SMILES string of the molecule is CNCc1c(C)nn(-c2cc(Cl)cc(Cl)c2)c1C. The molecule has 0 amide bonds. The van der Waals surface area contributed by atoms with Gasteiger partial charge < -0.3 is 5.32 Å². The van der Waals surface area contributed by atoms with Crippen molar-refractivity contribution in [1.29, 1.82) is 0 Å². The average Bonchev–Trinajstić information content (AvgIpc) is 2.56. The minimum Gasteiger partial charge on any atom is -0.316 e. The van der Waals surface area contributed by atoms with Crippen molar-refractivity contribution in [2.24, 2.45) is 0 Å². The van der Waals surface area contributed by atoms with Crippen LogP contribution < -0.4 is 5.32 Å². The van der Waals surface area contributed by atoms with Gasteiger partial charge in [0.05, 0.1) is 11.4 Å². The van der Waals surface area contributed by atoms with Gasteiger partial charge in [-0.15, -0.1) is 0 Å². The Hall–Kier alpha value is -1.03. The first-order chi connectivity index (χ1) is 8.52. The Morgan fingerprint density at radius 2 is 1.78 bits per heavy atom. The molecule has 0 aliphatic carbocycles. The molecular formula is C13H15Cl2N3. The van der Waals surface area contributed by atoms with E-state index in [0.717, 1.165) is 23.6 Å². The third-order valence-corrected chi connectivity index (χ3v) is 3.32. The maximum absolute atomic E-state index is 6.02. The van der Waals surface area contributed by atoms with Gasteiger partial charge >= 0.3 is 0 Å². The van der Waals surface area contributed by atoms with E-state index in [0.29, 0.717) is 10.0 Å². The third-order valence-electron chi connectivity index (χ3n) is 2.89. The highest BCUT2D eigenvalue weighted by molar-refractivity contribution is 6.34. The Kier molecular flexibility index (Phi) is 3.95. The Labute approximate surface area is 117 Å². The number of hydrogen-bond donors (Lipinski definition) is 1. The van der Waals surface area contributed by atoms with Crippen molar-refractivity contribution >= 4 is 23.2 Å². The van der Waals surface area contributed by atoms with Crippen LogP contribution in [0.3, 0.4) is 0 Å². The molecule has 18 heavy (non-hydrogen) atoms. The summed E-state index contributed by atoms with van der Waals surface area (Å²) in [7, 11) is 1.92. The molecule has 0 aliphatic rings. The van der Waals surface area contributed by atoms with Gasteiger partial charge in [0.2, 0.25) is 0 Å². The Morgan fingerprint density at radius 1 is 1.17 bits per heavy atom. The normalized spacial score (nSPS) is 10.9. The molecule has 3 nitrogen and oxygen atoms in total. The summed E-state index contributed by atoms with van der Waals surface area (Å²) < 4.78 is 1.87. The fourth-order valence-corrected chi connectivity index (χ4v) is 2.54. The van der Waals surface area contributed by atoms with Crippen molar-refractivity contribution in [3.8, 4) is 5.69 Å². The van der Waals surface area contributed by atoms with Crippen LogP contribution in [0.4, 0.5) is 0 Å². The van der Waals surface area contributed by atoms with Crippen LogP contribution >= 0.6 is 23.2 Å². The summed E-state index contributed by atoms with van der Waals surface area (Å²) in [6.45, 7) is 4.84. The lowest BCUT2D eigenvalue weighted by atomic mass is 10.2. The van der Waals surface area contributed by atoms with E-state index in [1.807, 2.05) is 37.7 Å². The van der Waals surface area contributed by atoms with Crippen LogP contribution in [0.2, 0.25) is 10.0 Å². The Morgan fingerprint density at radius 3 is 2.33 bits per heavy atom. The predicted molar refractivity (Wildman–Crippen MR) is 75.8 cm³/mol. The van der Waals surface area contributed by atoms with E-state index in [9.17, 15) is 0 Å². The second-order valence-electron chi connectivity index (χ2n) is 4.22. The number of aryl methyl sites for hydroxylation is 1. The number of benzene rings is 1. The number of halogens is 2. The fourth-order valence-electron chi connectivity index (χ4n) is 2.02. The van der Waals surface area contributed by atoms with E-state index in [-0.39, 0.29) is 0 Å². The molecule has 0 saturated carbocycles. The van der Waals surface area contributed by atoms with E-state index in [2.05, 4.69) is 10.4 Å². The van der Waals surface area contributed by atoms with E-state index in [1.54, 1.807) is 6.07 Å². The molecule has 2 aromatic rings.